The van der Waals surface area contributed by atoms with Crippen LogP contribution in [-0.4, -0.2) is 38.7 Å². The molecule has 0 bridgehead atoms. The Hall–Kier alpha value is -1.76. The average Bonchev–Trinajstić information content (AvgIpc) is 2.78. The zero-order chi connectivity index (χ0) is 18.0. The van der Waals surface area contributed by atoms with Crippen LogP contribution < -0.4 is 15.4 Å². The van der Waals surface area contributed by atoms with Gasteiger partial charge in [-0.3, -0.25) is 0 Å². The summed E-state index contributed by atoms with van der Waals surface area (Å²) in [5, 5.41) is 5.28. The van der Waals surface area contributed by atoms with E-state index in [9.17, 15) is 13.2 Å². The molecule has 2 N–H and O–H groups in total. The van der Waals surface area contributed by atoms with E-state index in [1.165, 1.54) is 0 Å². The zero-order valence-corrected chi connectivity index (χ0v) is 15.5. The first-order valence-corrected chi connectivity index (χ1v) is 9.88. The van der Waals surface area contributed by atoms with Crippen molar-refractivity contribution in [3.05, 3.63) is 29.3 Å². The second-order valence-electron chi connectivity index (χ2n) is 7.29. The normalized spacial score (nSPS) is 19.8. The van der Waals surface area contributed by atoms with Crippen LogP contribution in [0.25, 0.3) is 0 Å². The summed E-state index contributed by atoms with van der Waals surface area (Å²) in [6, 6.07) is 5.22. The third-order valence-corrected chi connectivity index (χ3v) is 5.74. The summed E-state index contributed by atoms with van der Waals surface area (Å²) in [6.45, 7) is 8.37. The van der Waals surface area contributed by atoms with Crippen molar-refractivity contribution in [2.75, 3.05) is 18.2 Å². The Kier molecular flexibility index (Phi) is 5.42. The molecule has 24 heavy (non-hydrogen) atoms. The van der Waals surface area contributed by atoms with E-state index in [0.29, 0.717) is 6.42 Å². The maximum absolute atomic E-state index is 11.8. The number of carbonyl (C=O) groups excluding carboxylic acids is 1. The van der Waals surface area contributed by atoms with Crippen LogP contribution in [0.1, 0.15) is 38.3 Å². The molecule has 1 aromatic carbocycles. The topological polar surface area (TPSA) is 84.5 Å². The van der Waals surface area contributed by atoms with Crippen LogP contribution in [0.15, 0.2) is 18.2 Å². The molecule has 1 aliphatic rings. The van der Waals surface area contributed by atoms with Gasteiger partial charge >= 0.3 is 6.03 Å². The first kappa shape index (κ1) is 18.6. The highest BCUT2D eigenvalue weighted by atomic mass is 32.2. The highest BCUT2D eigenvalue weighted by molar-refractivity contribution is 7.91. The van der Waals surface area contributed by atoms with Gasteiger partial charge in [0.1, 0.15) is 5.75 Å². The monoisotopic (exact) mass is 354 g/mol. The van der Waals surface area contributed by atoms with Gasteiger partial charge in [0, 0.05) is 6.04 Å². The molecule has 1 aromatic rings. The van der Waals surface area contributed by atoms with E-state index in [-0.39, 0.29) is 29.7 Å². The van der Waals surface area contributed by atoms with Crippen LogP contribution in [0.4, 0.5) is 4.79 Å². The van der Waals surface area contributed by atoms with Gasteiger partial charge in [0.25, 0.3) is 0 Å². The number of hydrogen-bond acceptors (Lipinski definition) is 4. The molecular formula is C17H26N2O4S. The lowest BCUT2D eigenvalue weighted by atomic mass is 9.85. The number of aryl methyl sites for hydroxylation is 1. The van der Waals surface area contributed by atoms with Crippen molar-refractivity contribution in [2.24, 2.45) is 0 Å². The van der Waals surface area contributed by atoms with Gasteiger partial charge in [-0.2, -0.15) is 0 Å². The molecule has 6 nitrogen and oxygen atoms in total. The van der Waals surface area contributed by atoms with Crippen LogP contribution >= 0.6 is 0 Å². The number of carbonyl (C=O) groups is 1. The van der Waals surface area contributed by atoms with Crippen molar-refractivity contribution in [1.29, 1.82) is 0 Å². The number of urea groups is 1. The zero-order valence-electron chi connectivity index (χ0n) is 14.7. The number of hydrogen-bond donors (Lipinski definition) is 2. The molecule has 1 saturated heterocycles. The lowest BCUT2D eigenvalue weighted by Gasteiger charge is -2.23. The van der Waals surface area contributed by atoms with Crippen molar-refractivity contribution in [1.82, 2.24) is 10.6 Å². The predicted octanol–water partition coefficient (Wildman–Crippen LogP) is 2.12. The van der Waals surface area contributed by atoms with Crippen molar-refractivity contribution in [3.63, 3.8) is 0 Å². The van der Waals surface area contributed by atoms with E-state index >= 15 is 0 Å². The van der Waals surface area contributed by atoms with E-state index in [4.69, 9.17) is 4.74 Å². The van der Waals surface area contributed by atoms with E-state index in [0.717, 1.165) is 16.9 Å². The largest absolute Gasteiger partial charge is 0.473 e. The van der Waals surface area contributed by atoms with Crippen LogP contribution in [0.5, 0.6) is 5.75 Å². The lowest BCUT2D eigenvalue weighted by Crippen LogP contribution is -2.43. The van der Waals surface area contributed by atoms with Gasteiger partial charge in [0.05, 0.1) is 11.5 Å². The Morgan fingerprint density at radius 1 is 1.33 bits per heavy atom. The minimum atomic E-state index is -3.00. The predicted molar refractivity (Wildman–Crippen MR) is 94.1 cm³/mol. The van der Waals surface area contributed by atoms with Gasteiger partial charge in [0.2, 0.25) is 0 Å². The molecule has 0 saturated carbocycles. The van der Waals surface area contributed by atoms with E-state index in [1.54, 1.807) is 0 Å². The molecule has 7 heteroatoms. The SMILES string of the molecule is Cc1ccc(OCNC(=O)NC2CCS(=O)(=O)C2)c(C(C)(C)C)c1. The Bertz CT molecular complexity index is 708. The molecule has 134 valence electrons. The quantitative estimate of drug-likeness (QED) is 0.811. The Labute approximate surface area is 143 Å². The number of nitrogens with one attached hydrogen (secondary N) is 2. The molecule has 0 spiro atoms. The lowest BCUT2D eigenvalue weighted by molar-refractivity contribution is 0.220. The minimum Gasteiger partial charge on any atom is -0.473 e. The number of sulfone groups is 1. The second-order valence-corrected chi connectivity index (χ2v) is 9.52. The van der Waals surface area contributed by atoms with Crippen molar-refractivity contribution in [2.45, 2.75) is 45.6 Å². The number of ether oxygens (including phenoxy) is 1. The first-order valence-electron chi connectivity index (χ1n) is 8.05. The molecule has 1 atom stereocenters. The fourth-order valence-electron chi connectivity index (χ4n) is 2.68. The maximum atomic E-state index is 11.8. The second kappa shape index (κ2) is 7.01. The minimum absolute atomic E-state index is 0.00735. The van der Waals surface area contributed by atoms with Crippen molar-refractivity contribution < 1.29 is 17.9 Å². The highest BCUT2D eigenvalue weighted by Crippen LogP contribution is 2.31. The summed E-state index contributed by atoms with van der Waals surface area (Å²) in [6.07, 6.45) is 0.461. The molecule has 1 fully saturated rings. The fourth-order valence-corrected chi connectivity index (χ4v) is 4.35. The van der Waals surface area contributed by atoms with E-state index < -0.39 is 15.9 Å². The van der Waals surface area contributed by atoms with Gasteiger partial charge < -0.3 is 15.4 Å². The van der Waals surface area contributed by atoms with Gasteiger partial charge in [-0.15, -0.1) is 0 Å². The van der Waals surface area contributed by atoms with E-state index in [1.807, 2.05) is 19.1 Å². The van der Waals surface area contributed by atoms with Crippen molar-refractivity contribution >= 4 is 15.9 Å². The summed E-state index contributed by atoms with van der Waals surface area (Å²) in [7, 11) is -3.00. The molecular weight excluding hydrogens is 328 g/mol. The molecule has 0 aromatic heterocycles. The van der Waals surface area contributed by atoms with Gasteiger partial charge in [-0.05, 0) is 30.4 Å². The van der Waals surface area contributed by atoms with Gasteiger partial charge in [-0.1, -0.05) is 38.5 Å². The average molecular weight is 354 g/mol. The summed E-state index contributed by atoms with van der Waals surface area (Å²) < 4.78 is 28.5. The summed E-state index contributed by atoms with van der Waals surface area (Å²) in [5.41, 5.74) is 2.16. The molecule has 1 heterocycles. The Morgan fingerprint density at radius 2 is 2.04 bits per heavy atom. The van der Waals surface area contributed by atoms with Crippen LogP contribution in [0.3, 0.4) is 0 Å². The Balaban J connectivity index is 1.87. The molecule has 1 aliphatic heterocycles. The highest BCUT2D eigenvalue weighted by Gasteiger charge is 2.28. The van der Waals surface area contributed by atoms with Gasteiger partial charge in [0.15, 0.2) is 16.6 Å². The smallest absolute Gasteiger partial charge is 0.317 e. The number of amides is 2. The third kappa shape index (κ3) is 5.12. The summed E-state index contributed by atoms with van der Waals surface area (Å²) in [4.78, 5) is 11.8. The maximum Gasteiger partial charge on any atom is 0.317 e. The molecule has 2 amide bonds. The number of benzene rings is 1. The van der Waals surface area contributed by atoms with Crippen molar-refractivity contribution in [3.8, 4) is 5.75 Å². The Morgan fingerprint density at radius 3 is 2.62 bits per heavy atom. The number of rotatable bonds is 4. The summed E-state index contributed by atoms with van der Waals surface area (Å²) >= 11 is 0. The van der Waals surface area contributed by atoms with Crippen LogP contribution in [0.2, 0.25) is 0 Å². The van der Waals surface area contributed by atoms with Crippen LogP contribution in [0, 0.1) is 6.92 Å². The fraction of sp³-hybridized carbons (Fsp3) is 0.588. The first-order chi connectivity index (χ1) is 11.1. The standard InChI is InChI=1S/C17H26N2O4S/c1-12-5-6-15(14(9-12)17(2,3)4)23-11-18-16(20)19-13-7-8-24(21,22)10-13/h5-6,9,13H,7-8,10-11H2,1-4H3,(H2,18,19,20). The molecule has 0 aliphatic carbocycles. The van der Waals surface area contributed by atoms with Gasteiger partial charge in [-0.25, -0.2) is 13.2 Å². The van der Waals surface area contributed by atoms with Crippen LogP contribution in [-0.2, 0) is 15.3 Å². The van der Waals surface area contributed by atoms with E-state index in [2.05, 4.69) is 37.5 Å². The summed E-state index contributed by atoms with van der Waals surface area (Å²) in [5.74, 6) is 0.872. The molecule has 0 radical (unpaired) electrons. The molecule has 1 unspecified atom stereocenters. The molecule has 2 rings (SSSR count). The third-order valence-electron chi connectivity index (χ3n) is 3.97.